The van der Waals surface area contributed by atoms with Crippen molar-refractivity contribution in [2.75, 3.05) is 0 Å². The van der Waals surface area contributed by atoms with Gasteiger partial charge >= 0.3 is 0 Å². The van der Waals surface area contributed by atoms with Crippen molar-refractivity contribution in [3.63, 3.8) is 0 Å². The number of pyridine rings is 1. The molecule has 4 nitrogen and oxygen atoms in total. The normalized spacial score (nSPS) is 10.9. The summed E-state index contributed by atoms with van der Waals surface area (Å²) < 4.78 is 1.64. The Morgan fingerprint density at radius 1 is 1.33 bits per heavy atom. The summed E-state index contributed by atoms with van der Waals surface area (Å²) in [4.78, 5) is 20.2. The average Bonchev–Trinajstić information content (AvgIpc) is 2.33. The van der Waals surface area contributed by atoms with Gasteiger partial charge in [0.05, 0.1) is 6.54 Å². The predicted molar refractivity (Wildman–Crippen MR) is 70.9 cm³/mol. The van der Waals surface area contributed by atoms with Gasteiger partial charge in [0.2, 0.25) is 0 Å². The van der Waals surface area contributed by atoms with Crippen LogP contribution in [0.25, 0.3) is 0 Å². The van der Waals surface area contributed by atoms with Gasteiger partial charge in [-0.05, 0) is 17.7 Å². The highest BCUT2D eigenvalue weighted by Gasteiger charge is 2.11. The lowest BCUT2D eigenvalue weighted by Crippen LogP contribution is -2.25. The van der Waals surface area contributed by atoms with Crippen LogP contribution in [0.15, 0.2) is 35.4 Å². The van der Waals surface area contributed by atoms with Crippen LogP contribution in [-0.4, -0.2) is 14.5 Å². The molecule has 0 atom stereocenters. The van der Waals surface area contributed by atoms with Crippen LogP contribution in [0, 0.1) is 0 Å². The first kappa shape index (κ1) is 12.8. The molecule has 0 spiro atoms. The van der Waals surface area contributed by atoms with E-state index in [-0.39, 0.29) is 16.6 Å². The summed E-state index contributed by atoms with van der Waals surface area (Å²) in [7, 11) is 0. The molecule has 0 N–H and O–H groups in total. The molecule has 2 heterocycles. The van der Waals surface area contributed by atoms with Crippen LogP contribution in [0.3, 0.4) is 0 Å². The standard InChI is InChI=1S/C13H14ClN3O/c1-9(2)13-16-11(14)7-12(18)17(13)8-10-3-5-15-6-4-10/h3-7,9H,8H2,1-2H3. The molecule has 0 aliphatic carbocycles. The highest BCUT2D eigenvalue weighted by molar-refractivity contribution is 6.29. The molecule has 94 valence electrons. The topological polar surface area (TPSA) is 47.8 Å². The molecule has 2 rings (SSSR count). The Bertz CT molecular complexity index is 593. The van der Waals surface area contributed by atoms with Crippen molar-refractivity contribution in [2.45, 2.75) is 26.3 Å². The third kappa shape index (κ3) is 2.76. The highest BCUT2D eigenvalue weighted by atomic mass is 35.5. The molecule has 2 aromatic heterocycles. The Hall–Kier alpha value is -1.68. The molecule has 0 radical (unpaired) electrons. The Morgan fingerprint density at radius 2 is 2.00 bits per heavy atom. The van der Waals surface area contributed by atoms with E-state index in [4.69, 9.17) is 11.6 Å². The molecule has 0 fully saturated rings. The van der Waals surface area contributed by atoms with Gasteiger partial charge in [0.25, 0.3) is 5.56 Å². The molecular formula is C13H14ClN3O. The second-order valence-electron chi connectivity index (χ2n) is 4.37. The summed E-state index contributed by atoms with van der Waals surface area (Å²) in [6.07, 6.45) is 3.41. The molecule has 0 saturated heterocycles. The van der Waals surface area contributed by atoms with Gasteiger partial charge in [-0.1, -0.05) is 25.4 Å². The van der Waals surface area contributed by atoms with Gasteiger partial charge in [0.1, 0.15) is 11.0 Å². The van der Waals surface area contributed by atoms with E-state index in [2.05, 4.69) is 9.97 Å². The van der Waals surface area contributed by atoms with Crippen molar-refractivity contribution < 1.29 is 0 Å². The van der Waals surface area contributed by atoms with Gasteiger partial charge in [-0.15, -0.1) is 0 Å². The van der Waals surface area contributed by atoms with Gasteiger partial charge in [0, 0.05) is 24.4 Å². The second-order valence-corrected chi connectivity index (χ2v) is 4.76. The molecule has 0 bridgehead atoms. The summed E-state index contributed by atoms with van der Waals surface area (Å²) in [5, 5.41) is 0.245. The minimum absolute atomic E-state index is 0.129. The maximum absolute atomic E-state index is 12.0. The molecule has 18 heavy (non-hydrogen) atoms. The molecule has 0 unspecified atom stereocenters. The van der Waals surface area contributed by atoms with Gasteiger partial charge in [-0.25, -0.2) is 4.98 Å². The van der Waals surface area contributed by atoms with Crippen LogP contribution >= 0.6 is 11.6 Å². The van der Waals surface area contributed by atoms with Crippen LogP contribution in [-0.2, 0) is 6.54 Å². The SMILES string of the molecule is CC(C)c1nc(Cl)cc(=O)n1Cc1ccncc1. The number of hydrogen-bond acceptors (Lipinski definition) is 3. The van der Waals surface area contributed by atoms with Crippen molar-refractivity contribution in [1.29, 1.82) is 0 Å². The van der Waals surface area contributed by atoms with E-state index in [0.29, 0.717) is 12.4 Å². The van der Waals surface area contributed by atoms with Crippen LogP contribution in [0.1, 0.15) is 31.2 Å². The quantitative estimate of drug-likeness (QED) is 0.800. The van der Waals surface area contributed by atoms with Crippen molar-refractivity contribution in [1.82, 2.24) is 14.5 Å². The first-order chi connectivity index (χ1) is 8.58. The van der Waals surface area contributed by atoms with E-state index < -0.39 is 0 Å². The minimum atomic E-state index is -0.129. The first-order valence-electron chi connectivity index (χ1n) is 5.74. The highest BCUT2D eigenvalue weighted by Crippen LogP contribution is 2.14. The molecule has 0 aromatic carbocycles. The molecular weight excluding hydrogens is 250 g/mol. The van der Waals surface area contributed by atoms with Gasteiger partial charge in [-0.3, -0.25) is 14.3 Å². The van der Waals surface area contributed by atoms with E-state index in [1.165, 1.54) is 6.07 Å². The minimum Gasteiger partial charge on any atom is -0.292 e. The van der Waals surface area contributed by atoms with Crippen LogP contribution in [0.2, 0.25) is 5.15 Å². The number of nitrogens with zero attached hydrogens (tertiary/aromatic N) is 3. The van der Waals surface area contributed by atoms with Crippen molar-refractivity contribution in [2.24, 2.45) is 0 Å². The maximum Gasteiger partial charge on any atom is 0.255 e. The molecule has 0 aliphatic rings. The zero-order valence-corrected chi connectivity index (χ0v) is 11.1. The zero-order chi connectivity index (χ0) is 13.1. The number of aromatic nitrogens is 3. The Morgan fingerprint density at radius 3 is 2.61 bits per heavy atom. The van der Waals surface area contributed by atoms with E-state index in [9.17, 15) is 4.79 Å². The molecule has 5 heteroatoms. The average molecular weight is 264 g/mol. The fourth-order valence-corrected chi connectivity index (χ4v) is 1.95. The van der Waals surface area contributed by atoms with E-state index in [1.54, 1.807) is 17.0 Å². The lowest BCUT2D eigenvalue weighted by molar-refractivity contribution is 0.624. The molecule has 0 amide bonds. The van der Waals surface area contributed by atoms with Crippen molar-refractivity contribution >= 4 is 11.6 Å². The van der Waals surface area contributed by atoms with Gasteiger partial charge < -0.3 is 0 Å². The summed E-state index contributed by atoms with van der Waals surface area (Å²) in [5.41, 5.74) is 0.883. The number of hydrogen-bond donors (Lipinski definition) is 0. The summed E-state index contributed by atoms with van der Waals surface area (Å²) in [6.45, 7) is 4.46. The molecule has 0 saturated carbocycles. The number of rotatable bonds is 3. The molecule has 0 aliphatic heterocycles. The molecule has 2 aromatic rings. The van der Waals surface area contributed by atoms with Gasteiger partial charge in [-0.2, -0.15) is 0 Å². The first-order valence-corrected chi connectivity index (χ1v) is 6.12. The smallest absolute Gasteiger partial charge is 0.255 e. The van der Waals surface area contributed by atoms with E-state index in [0.717, 1.165) is 5.56 Å². The Labute approximate surface area is 110 Å². The fourth-order valence-electron chi connectivity index (χ4n) is 1.77. The number of halogens is 1. The van der Waals surface area contributed by atoms with Crippen LogP contribution < -0.4 is 5.56 Å². The lowest BCUT2D eigenvalue weighted by Gasteiger charge is -2.14. The fraction of sp³-hybridized carbons (Fsp3) is 0.308. The van der Waals surface area contributed by atoms with Crippen molar-refractivity contribution in [3.8, 4) is 0 Å². The predicted octanol–water partition coefficient (Wildman–Crippen LogP) is 2.46. The van der Waals surface area contributed by atoms with Crippen LogP contribution in [0.4, 0.5) is 0 Å². The summed E-state index contributed by atoms with van der Waals surface area (Å²) >= 11 is 5.83. The van der Waals surface area contributed by atoms with E-state index >= 15 is 0 Å². The van der Waals surface area contributed by atoms with Crippen molar-refractivity contribution in [3.05, 3.63) is 57.5 Å². The van der Waals surface area contributed by atoms with Gasteiger partial charge in [0.15, 0.2) is 0 Å². The monoisotopic (exact) mass is 263 g/mol. The zero-order valence-electron chi connectivity index (χ0n) is 10.3. The third-order valence-corrected chi connectivity index (χ3v) is 2.81. The summed E-state index contributed by atoms with van der Waals surface area (Å²) in [5.74, 6) is 0.836. The maximum atomic E-state index is 12.0. The second kappa shape index (κ2) is 5.31. The van der Waals surface area contributed by atoms with Crippen LogP contribution in [0.5, 0.6) is 0 Å². The summed E-state index contributed by atoms with van der Waals surface area (Å²) in [6, 6.07) is 5.10. The third-order valence-electron chi connectivity index (χ3n) is 2.61. The Balaban J connectivity index is 2.47. The largest absolute Gasteiger partial charge is 0.292 e. The Kier molecular flexibility index (Phi) is 3.77. The lowest BCUT2D eigenvalue weighted by atomic mass is 10.2. The van der Waals surface area contributed by atoms with E-state index in [1.807, 2.05) is 26.0 Å².